The van der Waals surface area contributed by atoms with Crippen molar-refractivity contribution in [2.75, 3.05) is 0 Å². The molecule has 0 amide bonds. The average Bonchev–Trinajstić information content (AvgIpc) is 2.11. The molecule has 3 N–H and O–H groups in total. The molecule has 2 nitrogen and oxygen atoms in total. The number of phenolic OH excluding ortho intramolecular Hbond substituents is 1. The Balaban J connectivity index is 2.87. The standard InChI is InChI=1S/C10H14FNO/c1-2-7(12)6-8-9(11)4-3-5-10(8)13/h3-5,7,13H,2,6,12H2,1H3. The third-order valence-electron chi connectivity index (χ3n) is 2.08. The second-order valence-electron chi connectivity index (χ2n) is 3.11. The summed E-state index contributed by atoms with van der Waals surface area (Å²) in [7, 11) is 0. The van der Waals surface area contributed by atoms with E-state index in [1.807, 2.05) is 6.92 Å². The highest BCUT2D eigenvalue weighted by Gasteiger charge is 2.10. The molecule has 13 heavy (non-hydrogen) atoms. The largest absolute Gasteiger partial charge is 0.508 e. The highest BCUT2D eigenvalue weighted by molar-refractivity contribution is 5.33. The van der Waals surface area contributed by atoms with E-state index < -0.39 is 0 Å². The molecule has 0 aliphatic rings. The fourth-order valence-electron chi connectivity index (χ4n) is 1.16. The summed E-state index contributed by atoms with van der Waals surface area (Å²) >= 11 is 0. The van der Waals surface area contributed by atoms with Crippen LogP contribution in [0, 0.1) is 5.82 Å². The Bertz CT molecular complexity index is 268. The van der Waals surface area contributed by atoms with Gasteiger partial charge in [-0.05, 0) is 25.0 Å². The number of aromatic hydroxyl groups is 1. The zero-order chi connectivity index (χ0) is 9.84. The van der Waals surface area contributed by atoms with Crippen LogP contribution in [0.4, 0.5) is 4.39 Å². The number of nitrogens with two attached hydrogens (primary N) is 1. The van der Waals surface area contributed by atoms with Gasteiger partial charge in [-0.3, -0.25) is 0 Å². The Kier molecular flexibility index (Phi) is 3.25. The number of benzene rings is 1. The maximum Gasteiger partial charge on any atom is 0.130 e. The van der Waals surface area contributed by atoms with Crippen molar-refractivity contribution < 1.29 is 9.50 Å². The van der Waals surface area contributed by atoms with E-state index in [1.54, 1.807) is 0 Å². The molecule has 0 aliphatic carbocycles. The normalized spacial score (nSPS) is 12.8. The van der Waals surface area contributed by atoms with Crippen LogP contribution in [0.3, 0.4) is 0 Å². The molecule has 0 aromatic heterocycles. The molecule has 0 radical (unpaired) electrons. The van der Waals surface area contributed by atoms with E-state index in [0.29, 0.717) is 12.0 Å². The van der Waals surface area contributed by atoms with Gasteiger partial charge in [0, 0.05) is 11.6 Å². The van der Waals surface area contributed by atoms with E-state index in [4.69, 9.17) is 5.73 Å². The van der Waals surface area contributed by atoms with Crippen LogP contribution in [0.5, 0.6) is 5.75 Å². The van der Waals surface area contributed by atoms with Gasteiger partial charge in [-0.2, -0.15) is 0 Å². The average molecular weight is 183 g/mol. The molecule has 1 aromatic rings. The summed E-state index contributed by atoms with van der Waals surface area (Å²) in [5.41, 5.74) is 5.98. The van der Waals surface area contributed by atoms with Crippen LogP contribution in [0.2, 0.25) is 0 Å². The molecular formula is C10H14FNO. The molecule has 0 aliphatic heterocycles. The van der Waals surface area contributed by atoms with Crippen LogP contribution in [0.1, 0.15) is 18.9 Å². The van der Waals surface area contributed by atoms with E-state index in [1.165, 1.54) is 18.2 Å². The lowest BCUT2D eigenvalue weighted by Crippen LogP contribution is -2.22. The number of halogens is 1. The monoisotopic (exact) mass is 183 g/mol. The summed E-state index contributed by atoms with van der Waals surface area (Å²) in [5, 5.41) is 9.34. The van der Waals surface area contributed by atoms with E-state index in [9.17, 15) is 9.50 Å². The first kappa shape index (κ1) is 9.99. The highest BCUT2D eigenvalue weighted by Crippen LogP contribution is 2.21. The minimum Gasteiger partial charge on any atom is -0.508 e. The molecule has 0 bridgehead atoms. The molecule has 3 heteroatoms. The first-order valence-corrected chi connectivity index (χ1v) is 4.37. The van der Waals surface area contributed by atoms with Gasteiger partial charge in [0.25, 0.3) is 0 Å². The second-order valence-corrected chi connectivity index (χ2v) is 3.11. The lowest BCUT2D eigenvalue weighted by Gasteiger charge is -2.10. The minimum atomic E-state index is -0.385. The molecule has 1 atom stereocenters. The topological polar surface area (TPSA) is 46.2 Å². The summed E-state index contributed by atoms with van der Waals surface area (Å²) in [5.74, 6) is -0.396. The third kappa shape index (κ3) is 2.42. The number of rotatable bonds is 3. The van der Waals surface area contributed by atoms with Crippen molar-refractivity contribution in [3.63, 3.8) is 0 Å². The number of hydrogen-bond acceptors (Lipinski definition) is 2. The Morgan fingerprint density at radius 3 is 2.77 bits per heavy atom. The molecule has 0 saturated heterocycles. The predicted octanol–water partition coefficient (Wildman–Crippen LogP) is 1.81. The van der Waals surface area contributed by atoms with Crippen molar-refractivity contribution in [1.29, 1.82) is 0 Å². The Labute approximate surface area is 77.2 Å². The van der Waals surface area contributed by atoms with E-state index >= 15 is 0 Å². The zero-order valence-corrected chi connectivity index (χ0v) is 7.63. The summed E-state index contributed by atoms with van der Waals surface area (Å²) < 4.78 is 13.1. The van der Waals surface area contributed by atoms with Gasteiger partial charge in [0.05, 0.1) is 0 Å². The first-order chi connectivity index (χ1) is 6.15. The fraction of sp³-hybridized carbons (Fsp3) is 0.400. The maximum atomic E-state index is 13.1. The molecule has 0 fully saturated rings. The smallest absolute Gasteiger partial charge is 0.130 e. The predicted molar refractivity (Wildman–Crippen MR) is 50.0 cm³/mol. The van der Waals surface area contributed by atoms with Gasteiger partial charge in [-0.25, -0.2) is 4.39 Å². The summed E-state index contributed by atoms with van der Waals surface area (Å²) in [6.45, 7) is 1.93. The maximum absolute atomic E-state index is 13.1. The van der Waals surface area contributed by atoms with Gasteiger partial charge in [-0.1, -0.05) is 13.0 Å². The van der Waals surface area contributed by atoms with Crippen molar-refractivity contribution in [3.05, 3.63) is 29.6 Å². The lowest BCUT2D eigenvalue weighted by atomic mass is 10.0. The second kappa shape index (κ2) is 4.23. The molecule has 0 spiro atoms. The van der Waals surface area contributed by atoms with E-state index in [-0.39, 0.29) is 17.6 Å². The van der Waals surface area contributed by atoms with Gasteiger partial charge in [0.2, 0.25) is 0 Å². The van der Waals surface area contributed by atoms with Crippen molar-refractivity contribution in [1.82, 2.24) is 0 Å². The summed E-state index contributed by atoms with van der Waals surface area (Å²) in [6.07, 6.45) is 1.16. The fourth-order valence-corrected chi connectivity index (χ4v) is 1.16. The molecule has 1 unspecified atom stereocenters. The van der Waals surface area contributed by atoms with Crippen LogP contribution in [-0.4, -0.2) is 11.1 Å². The Hall–Kier alpha value is -1.09. The van der Waals surface area contributed by atoms with Crippen LogP contribution in [0.25, 0.3) is 0 Å². The lowest BCUT2D eigenvalue weighted by molar-refractivity contribution is 0.453. The molecule has 72 valence electrons. The number of hydrogen-bond donors (Lipinski definition) is 2. The van der Waals surface area contributed by atoms with Gasteiger partial charge in [-0.15, -0.1) is 0 Å². The van der Waals surface area contributed by atoms with Crippen molar-refractivity contribution in [3.8, 4) is 5.75 Å². The first-order valence-electron chi connectivity index (χ1n) is 4.37. The van der Waals surface area contributed by atoms with Gasteiger partial charge in [0.15, 0.2) is 0 Å². The van der Waals surface area contributed by atoms with Crippen molar-refractivity contribution >= 4 is 0 Å². The van der Waals surface area contributed by atoms with Crippen molar-refractivity contribution in [2.24, 2.45) is 5.73 Å². The molecular weight excluding hydrogens is 169 g/mol. The van der Waals surface area contributed by atoms with E-state index in [2.05, 4.69) is 0 Å². The Morgan fingerprint density at radius 2 is 2.23 bits per heavy atom. The van der Waals surface area contributed by atoms with Gasteiger partial charge < -0.3 is 10.8 Å². The molecule has 0 heterocycles. The van der Waals surface area contributed by atoms with Crippen molar-refractivity contribution in [2.45, 2.75) is 25.8 Å². The van der Waals surface area contributed by atoms with Crippen LogP contribution < -0.4 is 5.73 Å². The molecule has 0 saturated carbocycles. The van der Waals surface area contributed by atoms with Gasteiger partial charge in [0.1, 0.15) is 11.6 Å². The van der Waals surface area contributed by atoms with E-state index in [0.717, 1.165) is 6.42 Å². The highest BCUT2D eigenvalue weighted by atomic mass is 19.1. The molecule has 1 rings (SSSR count). The SMILES string of the molecule is CCC(N)Cc1c(O)cccc1F. The zero-order valence-electron chi connectivity index (χ0n) is 7.63. The summed E-state index contributed by atoms with van der Waals surface area (Å²) in [6, 6.07) is 4.19. The number of phenols is 1. The van der Waals surface area contributed by atoms with Crippen LogP contribution in [0.15, 0.2) is 18.2 Å². The van der Waals surface area contributed by atoms with Crippen LogP contribution >= 0.6 is 0 Å². The minimum absolute atomic E-state index is 0.0103. The quantitative estimate of drug-likeness (QED) is 0.750. The Morgan fingerprint density at radius 1 is 1.54 bits per heavy atom. The molecule has 1 aromatic carbocycles. The summed E-state index contributed by atoms with van der Waals surface area (Å²) in [4.78, 5) is 0. The van der Waals surface area contributed by atoms with Crippen LogP contribution in [-0.2, 0) is 6.42 Å². The van der Waals surface area contributed by atoms with Gasteiger partial charge >= 0.3 is 0 Å². The third-order valence-corrected chi connectivity index (χ3v) is 2.08.